The zero-order chi connectivity index (χ0) is 22.6. The van der Waals surface area contributed by atoms with Gasteiger partial charge >= 0.3 is 5.97 Å². The highest BCUT2D eigenvalue weighted by atomic mass is 32.2. The molecule has 0 saturated carbocycles. The van der Waals surface area contributed by atoms with Crippen molar-refractivity contribution >= 4 is 26.9 Å². The number of hydrogen-bond acceptors (Lipinski definition) is 6. The average Bonchev–Trinajstić information content (AvgIpc) is 2.76. The monoisotopic (exact) mass is 444 g/mol. The van der Waals surface area contributed by atoms with Crippen molar-refractivity contribution in [2.45, 2.75) is 24.8 Å². The van der Waals surface area contributed by atoms with E-state index < -0.39 is 21.6 Å². The van der Waals surface area contributed by atoms with E-state index in [1.807, 2.05) is 19.1 Å². The number of aryl methyl sites for hydroxylation is 1. The number of aliphatic hydroxyl groups excluding tert-OH is 1. The van der Waals surface area contributed by atoms with E-state index in [2.05, 4.69) is 4.98 Å². The van der Waals surface area contributed by atoms with Crippen molar-refractivity contribution in [1.29, 1.82) is 0 Å². The summed E-state index contributed by atoms with van der Waals surface area (Å²) in [6.45, 7) is 1.46. The summed E-state index contributed by atoms with van der Waals surface area (Å²) >= 11 is 0. The van der Waals surface area contributed by atoms with Crippen molar-refractivity contribution in [3.05, 3.63) is 75.6 Å². The summed E-state index contributed by atoms with van der Waals surface area (Å²) in [5.74, 6) is -0.777. The van der Waals surface area contributed by atoms with Crippen LogP contribution in [0.3, 0.4) is 0 Å². The number of fused-ring (bicyclic) bond motifs is 1. The number of carbonyl (C=O) groups is 1. The highest BCUT2D eigenvalue weighted by molar-refractivity contribution is 7.89. The minimum Gasteiger partial charge on any atom is -0.465 e. The molecule has 3 rings (SSSR count). The number of pyridine rings is 1. The molecule has 0 radical (unpaired) electrons. The Hall–Kier alpha value is -3.01. The van der Waals surface area contributed by atoms with Crippen molar-refractivity contribution in [3.8, 4) is 0 Å². The van der Waals surface area contributed by atoms with Gasteiger partial charge in [-0.1, -0.05) is 23.8 Å². The van der Waals surface area contributed by atoms with Crippen LogP contribution >= 0.6 is 0 Å². The second-order valence-electron chi connectivity index (χ2n) is 7.12. The lowest BCUT2D eigenvalue weighted by Gasteiger charge is -2.23. The summed E-state index contributed by atoms with van der Waals surface area (Å²) in [6.07, 6.45) is 0.171. The van der Waals surface area contributed by atoms with Gasteiger partial charge in [0, 0.05) is 30.8 Å². The lowest BCUT2D eigenvalue weighted by molar-refractivity contribution is 0.0596. The predicted octanol–water partition coefficient (Wildman–Crippen LogP) is 2.20. The number of nitrogens with zero attached hydrogens (tertiary/aromatic N) is 1. The number of esters is 1. The summed E-state index contributed by atoms with van der Waals surface area (Å²) in [4.78, 5) is 27.3. The molecule has 1 heterocycles. The molecule has 0 aliphatic heterocycles. The zero-order valence-electron chi connectivity index (χ0n) is 17.3. The van der Waals surface area contributed by atoms with E-state index in [4.69, 9.17) is 4.74 Å². The number of nitrogens with one attached hydrogen (secondary N) is 1. The van der Waals surface area contributed by atoms with E-state index in [1.54, 1.807) is 18.2 Å². The lowest BCUT2D eigenvalue weighted by atomic mass is 10.1. The number of aliphatic hydroxyl groups is 1. The van der Waals surface area contributed by atoms with Crippen molar-refractivity contribution in [2.75, 3.05) is 20.3 Å². The number of methoxy groups -OCH3 is 1. The largest absolute Gasteiger partial charge is 0.465 e. The number of ether oxygens (including phenoxy) is 1. The van der Waals surface area contributed by atoms with E-state index in [9.17, 15) is 23.1 Å². The zero-order valence-corrected chi connectivity index (χ0v) is 18.1. The van der Waals surface area contributed by atoms with E-state index in [-0.39, 0.29) is 42.1 Å². The van der Waals surface area contributed by atoms with Gasteiger partial charge in [-0.3, -0.25) is 4.79 Å². The first kappa shape index (κ1) is 22.7. The highest BCUT2D eigenvalue weighted by Crippen LogP contribution is 2.23. The molecule has 2 N–H and O–H groups in total. The third-order valence-electron chi connectivity index (χ3n) is 4.90. The number of aromatic nitrogens is 1. The third-order valence-corrected chi connectivity index (χ3v) is 6.80. The fourth-order valence-corrected chi connectivity index (χ4v) is 4.96. The number of aromatic amines is 1. The normalized spacial score (nSPS) is 11.7. The van der Waals surface area contributed by atoms with E-state index in [1.165, 1.54) is 25.3 Å². The van der Waals surface area contributed by atoms with Gasteiger partial charge in [0.2, 0.25) is 10.0 Å². The second-order valence-corrected chi connectivity index (χ2v) is 9.02. The Labute approximate surface area is 180 Å². The molecule has 164 valence electrons. The fraction of sp³-hybridized carbons (Fsp3) is 0.273. The molecule has 0 amide bonds. The highest BCUT2D eigenvalue weighted by Gasteiger charge is 2.29. The molecular weight excluding hydrogens is 420 g/mol. The van der Waals surface area contributed by atoms with Crippen LogP contribution in [0.4, 0.5) is 0 Å². The molecule has 8 nitrogen and oxygen atoms in total. The number of H-pyrrole nitrogens is 1. The van der Waals surface area contributed by atoms with Crippen LogP contribution in [0.25, 0.3) is 10.9 Å². The molecule has 0 unspecified atom stereocenters. The van der Waals surface area contributed by atoms with Crippen molar-refractivity contribution in [1.82, 2.24) is 9.29 Å². The molecule has 0 spiro atoms. The van der Waals surface area contributed by atoms with E-state index in [0.29, 0.717) is 5.52 Å². The predicted molar refractivity (Wildman–Crippen MR) is 116 cm³/mol. The Morgan fingerprint density at radius 1 is 1.16 bits per heavy atom. The molecule has 0 saturated heterocycles. The first-order valence-corrected chi connectivity index (χ1v) is 11.1. The van der Waals surface area contributed by atoms with Crippen LogP contribution in [0, 0.1) is 6.92 Å². The fourth-order valence-electron chi connectivity index (χ4n) is 3.32. The maximum Gasteiger partial charge on any atom is 0.339 e. The first-order valence-electron chi connectivity index (χ1n) is 9.69. The van der Waals surface area contributed by atoms with Gasteiger partial charge < -0.3 is 14.8 Å². The molecule has 0 atom stereocenters. The molecule has 3 aromatic rings. The van der Waals surface area contributed by atoms with Crippen LogP contribution in [0.5, 0.6) is 0 Å². The van der Waals surface area contributed by atoms with Gasteiger partial charge in [0.25, 0.3) is 5.56 Å². The number of rotatable bonds is 8. The summed E-state index contributed by atoms with van der Waals surface area (Å²) in [7, 11) is -2.99. The summed E-state index contributed by atoms with van der Waals surface area (Å²) < 4.78 is 32.7. The molecule has 2 aromatic carbocycles. The molecule has 9 heteroatoms. The van der Waals surface area contributed by atoms with Crippen molar-refractivity contribution in [2.24, 2.45) is 0 Å². The van der Waals surface area contributed by atoms with E-state index in [0.717, 1.165) is 15.3 Å². The Morgan fingerprint density at radius 2 is 1.90 bits per heavy atom. The van der Waals surface area contributed by atoms with Crippen molar-refractivity contribution < 1.29 is 23.1 Å². The molecule has 0 fully saturated rings. The minimum atomic E-state index is -4.17. The average molecular weight is 445 g/mol. The topological polar surface area (TPSA) is 117 Å². The van der Waals surface area contributed by atoms with Crippen LogP contribution in [0.15, 0.2) is 58.2 Å². The molecule has 31 heavy (non-hydrogen) atoms. The van der Waals surface area contributed by atoms with Gasteiger partial charge in [-0.05, 0) is 49.1 Å². The maximum absolute atomic E-state index is 13.4. The van der Waals surface area contributed by atoms with Gasteiger partial charge in [-0.25, -0.2) is 13.2 Å². The van der Waals surface area contributed by atoms with Crippen LogP contribution in [0.1, 0.15) is 27.9 Å². The maximum atomic E-state index is 13.4. The lowest BCUT2D eigenvalue weighted by Crippen LogP contribution is -2.35. The quantitative estimate of drug-likeness (QED) is 0.515. The van der Waals surface area contributed by atoms with Crippen LogP contribution < -0.4 is 5.56 Å². The van der Waals surface area contributed by atoms with Crippen LogP contribution in [0.2, 0.25) is 0 Å². The smallest absolute Gasteiger partial charge is 0.339 e. The van der Waals surface area contributed by atoms with Gasteiger partial charge in [-0.15, -0.1) is 0 Å². The minimum absolute atomic E-state index is 0.0281. The van der Waals surface area contributed by atoms with Crippen LogP contribution in [-0.4, -0.2) is 49.0 Å². The van der Waals surface area contributed by atoms with Gasteiger partial charge in [-0.2, -0.15) is 4.31 Å². The first-order chi connectivity index (χ1) is 14.8. The Morgan fingerprint density at radius 3 is 2.61 bits per heavy atom. The van der Waals surface area contributed by atoms with E-state index >= 15 is 0 Å². The van der Waals surface area contributed by atoms with Gasteiger partial charge in [0.15, 0.2) is 0 Å². The third kappa shape index (κ3) is 4.84. The SMILES string of the molecule is COC(=O)c1ccccc1S(=O)(=O)N(CCCO)Cc1cc2cc(C)ccc2[nH]c1=O. The van der Waals surface area contributed by atoms with Crippen LogP contribution in [-0.2, 0) is 21.3 Å². The molecule has 1 aromatic heterocycles. The molecule has 0 bridgehead atoms. The van der Waals surface area contributed by atoms with Gasteiger partial charge in [0.1, 0.15) is 0 Å². The Kier molecular flexibility index (Phi) is 6.89. The Bertz CT molecular complexity index is 1270. The Balaban J connectivity index is 2.07. The molecule has 0 aliphatic rings. The summed E-state index contributed by atoms with van der Waals surface area (Å²) in [5.41, 5.74) is 1.42. The molecule has 0 aliphatic carbocycles. The summed E-state index contributed by atoms with van der Waals surface area (Å²) in [6, 6.07) is 13.0. The standard InChI is InChI=1S/C22H24N2O6S/c1-15-8-9-19-16(12-15)13-17(21(26)23-19)14-24(10-5-11-25)31(28,29)20-7-4-3-6-18(20)22(27)30-2/h3-4,6-9,12-13,25H,5,10-11,14H2,1-2H3,(H,23,26). The van der Waals surface area contributed by atoms with Gasteiger partial charge in [0.05, 0.1) is 17.6 Å². The second kappa shape index (κ2) is 9.42. The molecular formula is C22H24N2O6S. The summed E-state index contributed by atoms with van der Waals surface area (Å²) in [5, 5.41) is 10.0. The number of carbonyl (C=O) groups excluding carboxylic acids is 1. The number of sulfonamides is 1. The number of hydrogen-bond donors (Lipinski definition) is 2. The number of benzene rings is 2. The van der Waals surface area contributed by atoms with Crippen molar-refractivity contribution in [3.63, 3.8) is 0 Å².